The smallest absolute Gasteiger partial charge is 0.168 e. The fourth-order valence-corrected chi connectivity index (χ4v) is 2.09. The highest BCUT2D eigenvalue weighted by atomic mass is 32.1. The Labute approximate surface area is 108 Å². The molecule has 0 aliphatic heterocycles. The Kier molecular flexibility index (Phi) is 3.86. The maximum atomic E-state index is 13.9. The first-order chi connectivity index (χ1) is 8.65. The van der Waals surface area contributed by atoms with Crippen LogP contribution in [0.15, 0.2) is 12.1 Å². The second kappa shape index (κ2) is 5.39. The van der Waals surface area contributed by atoms with Crippen molar-refractivity contribution in [2.24, 2.45) is 0 Å². The molecule has 0 aliphatic rings. The molecular formula is C12H13F2N3S. The molecule has 0 bridgehead atoms. The summed E-state index contributed by atoms with van der Waals surface area (Å²) < 4.78 is 35.5. The molecule has 0 radical (unpaired) electrons. The van der Waals surface area contributed by atoms with Crippen LogP contribution < -0.4 is 5.32 Å². The summed E-state index contributed by atoms with van der Waals surface area (Å²) in [5.41, 5.74) is 0.790. The minimum Gasteiger partial charge on any atom is -0.367 e. The summed E-state index contributed by atoms with van der Waals surface area (Å²) in [7, 11) is 0. The van der Waals surface area contributed by atoms with Gasteiger partial charge in [-0.25, -0.2) is 8.78 Å². The van der Waals surface area contributed by atoms with Gasteiger partial charge in [-0.05, 0) is 25.0 Å². The van der Waals surface area contributed by atoms with E-state index in [0.717, 1.165) is 18.1 Å². The lowest BCUT2D eigenvalue weighted by atomic mass is 10.1. The Bertz CT molecular complexity index is 554. The van der Waals surface area contributed by atoms with E-state index in [-0.39, 0.29) is 11.1 Å². The van der Waals surface area contributed by atoms with Crippen LogP contribution in [0.1, 0.15) is 18.9 Å². The Balaban J connectivity index is 2.43. The first-order valence-corrected chi connectivity index (χ1v) is 6.39. The molecule has 96 valence electrons. The van der Waals surface area contributed by atoms with E-state index in [9.17, 15) is 8.78 Å². The Hall–Kier alpha value is -1.56. The molecule has 0 unspecified atom stereocenters. The second-order valence-corrected chi connectivity index (χ2v) is 4.47. The lowest BCUT2D eigenvalue weighted by Gasteiger charge is -2.06. The molecule has 1 heterocycles. The number of rotatable bonds is 4. The molecule has 0 saturated heterocycles. The minimum absolute atomic E-state index is 0.144. The van der Waals surface area contributed by atoms with Crippen LogP contribution in [0.5, 0.6) is 0 Å². The van der Waals surface area contributed by atoms with Crippen molar-refractivity contribution in [3.63, 3.8) is 0 Å². The maximum absolute atomic E-state index is 13.9. The molecule has 6 heteroatoms. The number of hydrogen-bond acceptors (Lipinski definition) is 4. The summed E-state index contributed by atoms with van der Waals surface area (Å²) >= 11 is 0.979. The average Bonchev–Trinajstić information content (AvgIpc) is 2.82. The van der Waals surface area contributed by atoms with Crippen LogP contribution >= 0.6 is 11.7 Å². The van der Waals surface area contributed by atoms with E-state index >= 15 is 0 Å². The van der Waals surface area contributed by atoms with E-state index in [2.05, 4.69) is 14.1 Å². The second-order valence-electron chi connectivity index (χ2n) is 3.95. The molecule has 1 aromatic carbocycles. The molecule has 0 fully saturated rings. The first kappa shape index (κ1) is 12.9. The van der Waals surface area contributed by atoms with Crippen LogP contribution in [0.2, 0.25) is 0 Å². The van der Waals surface area contributed by atoms with Gasteiger partial charge >= 0.3 is 0 Å². The number of aromatic nitrogens is 2. The molecule has 0 aliphatic carbocycles. The topological polar surface area (TPSA) is 37.8 Å². The summed E-state index contributed by atoms with van der Waals surface area (Å²) in [6, 6.07) is 3.07. The zero-order valence-corrected chi connectivity index (χ0v) is 10.9. The van der Waals surface area contributed by atoms with Crippen molar-refractivity contribution >= 4 is 17.5 Å². The molecule has 3 nitrogen and oxygen atoms in total. The summed E-state index contributed by atoms with van der Waals surface area (Å²) in [4.78, 5) is 0. The Morgan fingerprint density at radius 1 is 1.22 bits per heavy atom. The van der Waals surface area contributed by atoms with Gasteiger partial charge in [0.05, 0.1) is 11.7 Å². The van der Waals surface area contributed by atoms with Gasteiger partial charge in [0.25, 0.3) is 0 Å². The van der Waals surface area contributed by atoms with Gasteiger partial charge in [0.2, 0.25) is 0 Å². The Morgan fingerprint density at radius 2 is 2.00 bits per heavy atom. The van der Waals surface area contributed by atoms with Gasteiger partial charge in [-0.2, -0.15) is 8.75 Å². The van der Waals surface area contributed by atoms with E-state index in [4.69, 9.17) is 0 Å². The molecule has 2 aromatic rings. The van der Waals surface area contributed by atoms with Crippen LogP contribution in [0.4, 0.5) is 14.6 Å². The van der Waals surface area contributed by atoms with Crippen molar-refractivity contribution in [2.75, 3.05) is 11.9 Å². The number of anilines is 1. The van der Waals surface area contributed by atoms with Crippen LogP contribution in [-0.4, -0.2) is 15.3 Å². The highest BCUT2D eigenvalue weighted by Gasteiger charge is 2.18. The van der Waals surface area contributed by atoms with E-state index < -0.39 is 11.6 Å². The predicted molar refractivity (Wildman–Crippen MR) is 68.8 cm³/mol. The van der Waals surface area contributed by atoms with E-state index in [1.165, 1.54) is 19.1 Å². The maximum Gasteiger partial charge on any atom is 0.168 e. The van der Waals surface area contributed by atoms with Gasteiger partial charge in [0.15, 0.2) is 17.5 Å². The summed E-state index contributed by atoms with van der Waals surface area (Å²) in [6.45, 7) is 4.25. The third-order valence-electron chi connectivity index (χ3n) is 2.56. The van der Waals surface area contributed by atoms with Crippen molar-refractivity contribution < 1.29 is 8.78 Å². The number of nitrogens with one attached hydrogen (secondary N) is 1. The van der Waals surface area contributed by atoms with Crippen molar-refractivity contribution in [1.29, 1.82) is 0 Å². The highest BCUT2D eigenvalue weighted by Crippen LogP contribution is 2.30. The van der Waals surface area contributed by atoms with Gasteiger partial charge in [-0.15, -0.1) is 0 Å². The third-order valence-corrected chi connectivity index (χ3v) is 3.09. The zero-order valence-electron chi connectivity index (χ0n) is 10.1. The summed E-state index contributed by atoms with van der Waals surface area (Å²) in [6.07, 6.45) is 0.918. The normalized spacial score (nSPS) is 10.7. The van der Waals surface area contributed by atoms with Crippen molar-refractivity contribution in [2.45, 2.75) is 20.3 Å². The van der Waals surface area contributed by atoms with Crippen molar-refractivity contribution in [3.8, 4) is 11.3 Å². The summed E-state index contributed by atoms with van der Waals surface area (Å²) in [5, 5.41) is 3.05. The quantitative estimate of drug-likeness (QED) is 0.921. The first-order valence-electron chi connectivity index (χ1n) is 5.66. The molecule has 2 rings (SSSR count). The van der Waals surface area contributed by atoms with Gasteiger partial charge < -0.3 is 5.32 Å². The Morgan fingerprint density at radius 3 is 2.72 bits per heavy atom. The number of halogens is 2. The van der Waals surface area contributed by atoms with Crippen LogP contribution in [-0.2, 0) is 0 Å². The number of hydrogen-bond donors (Lipinski definition) is 1. The summed E-state index contributed by atoms with van der Waals surface area (Å²) in [5.74, 6) is -1.20. The van der Waals surface area contributed by atoms with E-state index in [0.29, 0.717) is 18.1 Å². The van der Waals surface area contributed by atoms with Gasteiger partial charge in [-0.1, -0.05) is 13.0 Å². The molecule has 1 aromatic heterocycles. The standard InChI is InChI=1S/C12H13F2N3S/c1-3-6-15-12-11(16-18-17-12)8-5-4-7(2)9(13)10(8)14/h4-5H,3,6H2,1-2H3,(H,15,17). The van der Waals surface area contributed by atoms with Gasteiger partial charge in [0, 0.05) is 12.1 Å². The zero-order chi connectivity index (χ0) is 13.1. The van der Waals surface area contributed by atoms with Crippen LogP contribution in [0.25, 0.3) is 11.3 Å². The van der Waals surface area contributed by atoms with Crippen molar-refractivity contribution in [1.82, 2.24) is 8.75 Å². The molecular weight excluding hydrogens is 256 g/mol. The van der Waals surface area contributed by atoms with Gasteiger partial charge in [0.1, 0.15) is 5.69 Å². The van der Waals surface area contributed by atoms with E-state index in [1.54, 1.807) is 0 Å². The number of aryl methyl sites for hydroxylation is 1. The average molecular weight is 269 g/mol. The number of benzene rings is 1. The lowest BCUT2D eigenvalue weighted by Crippen LogP contribution is -2.02. The fraction of sp³-hybridized carbons (Fsp3) is 0.333. The minimum atomic E-state index is -0.873. The number of nitrogens with zero attached hydrogens (tertiary/aromatic N) is 2. The SMILES string of the molecule is CCCNc1nsnc1-c1ccc(C)c(F)c1F. The molecule has 0 amide bonds. The monoisotopic (exact) mass is 269 g/mol. The van der Waals surface area contributed by atoms with Crippen LogP contribution in [0, 0.1) is 18.6 Å². The molecule has 1 N–H and O–H groups in total. The van der Waals surface area contributed by atoms with Crippen LogP contribution in [0.3, 0.4) is 0 Å². The largest absolute Gasteiger partial charge is 0.367 e. The lowest BCUT2D eigenvalue weighted by molar-refractivity contribution is 0.505. The predicted octanol–water partition coefficient (Wildman–Crippen LogP) is 3.61. The fourth-order valence-electron chi connectivity index (χ4n) is 1.55. The van der Waals surface area contributed by atoms with Gasteiger partial charge in [-0.3, -0.25) is 0 Å². The molecule has 0 atom stereocenters. The third kappa shape index (κ3) is 2.33. The highest BCUT2D eigenvalue weighted by molar-refractivity contribution is 6.99. The van der Waals surface area contributed by atoms with Crippen molar-refractivity contribution in [3.05, 3.63) is 29.3 Å². The molecule has 0 spiro atoms. The van der Waals surface area contributed by atoms with E-state index in [1.807, 2.05) is 6.92 Å². The molecule has 0 saturated carbocycles. The molecule has 18 heavy (non-hydrogen) atoms.